The third-order valence-corrected chi connectivity index (χ3v) is 5.48. The lowest BCUT2D eigenvalue weighted by atomic mass is 10.0. The predicted molar refractivity (Wildman–Crippen MR) is 121 cm³/mol. The first-order valence-corrected chi connectivity index (χ1v) is 10.3. The average Bonchev–Trinajstić information content (AvgIpc) is 3.28. The minimum atomic E-state index is -0.268. The minimum Gasteiger partial charge on any atom is -0.493 e. The number of hydrogen-bond donors (Lipinski definition) is 2. The van der Waals surface area contributed by atoms with Crippen molar-refractivity contribution < 1.29 is 14.3 Å². The summed E-state index contributed by atoms with van der Waals surface area (Å²) in [6.45, 7) is 2.62. The van der Waals surface area contributed by atoms with Gasteiger partial charge in [-0.15, -0.1) is 0 Å². The molecule has 0 aliphatic carbocycles. The Morgan fingerprint density at radius 1 is 1.07 bits per heavy atom. The first-order valence-electron chi connectivity index (χ1n) is 10.3. The standard InChI is InChI=1S/C23H32N4O3/c1-26(2)18-12-10-17(11-13-18)20(27-14-5-6-15-27)16-24-23(28)25-19-8-7-9-21(29-3)22(19)30-4/h7-13,20H,5-6,14-16H2,1-4H3,(H2,24,25,28)/t20-/m0/s1. The smallest absolute Gasteiger partial charge is 0.319 e. The second kappa shape index (κ2) is 10.2. The van der Waals surface area contributed by atoms with E-state index >= 15 is 0 Å². The molecule has 1 aliphatic rings. The monoisotopic (exact) mass is 412 g/mol. The Hall–Kier alpha value is -2.93. The second-order valence-electron chi connectivity index (χ2n) is 7.62. The highest BCUT2D eigenvalue weighted by molar-refractivity contribution is 5.91. The Morgan fingerprint density at radius 2 is 1.77 bits per heavy atom. The van der Waals surface area contributed by atoms with Gasteiger partial charge in [0.2, 0.25) is 0 Å². The average molecular weight is 413 g/mol. The fraction of sp³-hybridized carbons (Fsp3) is 0.435. The molecular formula is C23H32N4O3. The minimum absolute atomic E-state index is 0.140. The molecule has 1 atom stereocenters. The van der Waals surface area contributed by atoms with Crippen molar-refractivity contribution in [2.75, 3.05) is 58.2 Å². The normalized spacial score (nSPS) is 14.8. The zero-order valence-electron chi connectivity index (χ0n) is 18.3. The molecule has 0 unspecified atom stereocenters. The number of nitrogens with zero attached hydrogens (tertiary/aromatic N) is 2. The molecule has 7 nitrogen and oxygen atoms in total. The molecule has 1 fully saturated rings. The molecule has 30 heavy (non-hydrogen) atoms. The molecule has 162 valence electrons. The number of hydrogen-bond acceptors (Lipinski definition) is 5. The Balaban J connectivity index is 1.69. The van der Waals surface area contributed by atoms with Crippen molar-refractivity contribution in [1.82, 2.24) is 10.2 Å². The van der Waals surface area contributed by atoms with Crippen molar-refractivity contribution >= 4 is 17.4 Å². The Bertz CT molecular complexity index is 833. The highest BCUT2D eigenvalue weighted by Crippen LogP contribution is 2.34. The number of methoxy groups -OCH3 is 2. The molecule has 7 heteroatoms. The molecule has 0 spiro atoms. The van der Waals surface area contributed by atoms with E-state index in [0.29, 0.717) is 23.7 Å². The first-order chi connectivity index (χ1) is 14.5. The Morgan fingerprint density at radius 3 is 2.37 bits per heavy atom. The van der Waals surface area contributed by atoms with Crippen LogP contribution in [0.5, 0.6) is 11.5 Å². The number of rotatable bonds is 8. The maximum absolute atomic E-state index is 12.6. The predicted octanol–water partition coefficient (Wildman–Crippen LogP) is 3.73. The zero-order chi connectivity index (χ0) is 21.5. The zero-order valence-corrected chi connectivity index (χ0v) is 18.3. The van der Waals surface area contributed by atoms with E-state index in [1.807, 2.05) is 20.2 Å². The quantitative estimate of drug-likeness (QED) is 0.692. The largest absolute Gasteiger partial charge is 0.493 e. The Labute approximate surface area is 179 Å². The van der Waals surface area contributed by atoms with E-state index in [4.69, 9.17) is 9.47 Å². The second-order valence-corrected chi connectivity index (χ2v) is 7.62. The van der Waals surface area contributed by atoms with Gasteiger partial charge in [0.1, 0.15) is 0 Å². The highest BCUT2D eigenvalue weighted by atomic mass is 16.5. The molecule has 2 aromatic carbocycles. The molecule has 1 saturated heterocycles. The molecule has 1 aliphatic heterocycles. The van der Waals surface area contributed by atoms with Gasteiger partial charge in [-0.3, -0.25) is 4.90 Å². The summed E-state index contributed by atoms with van der Waals surface area (Å²) in [6.07, 6.45) is 2.39. The van der Waals surface area contributed by atoms with Crippen LogP contribution in [0.1, 0.15) is 24.4 Å². The van der Waals surface area contributed by atoms with Crippen molar-refractivity contribution in [3.05, 3.63) is 48.0 Å². The fourth-order valence-electron chi connectivity index (χ4n) is 3.85. The lowest BCUT2D eigenvalue weighted by molar-refractivity contribution is 0.227. The van der Waals surface area contributed by atoms with Crippen molar-refractivity contribution in [3.8, 4) is 11.5 Å². The van der Waals surface area contributed by atoms with E-state index in [-0.39, 0.29) is 12.1 Å². The number of urea groups is 1. The van der Waals surface area contributed by atoms with E-state index in [9.17, 15) is 4.79 Å². The van der Waals surface area contributed by atoms with Gasteiger partial charge in [-0.2, -0.15) is 0 Å². The van der Waals surface area contributed by atoms with Crippen molar-refractivity contribution in [1.29, 1.82) is 0 Å². The molecule has 3 rings (SSSR count). The summed E-state index contributed by atoms with van der Waals surface area (Å²) in [5, 5.41) is 5.91. The van der Waals surface area contributed by atoms with Gasteiger partial charge in [0.05, 0.1) is 25.9 Å². The van der Waals surface area contributed by atoms with Crippen LogP contribution in [-0.4, -0.2) is 58.9 Å². The van der Waals surface area contributed by atoms with Gasteiger partial charge in [0.15, 0.2) is 11.5 Å². The molecule has 2 aromatic rings. The summed E-state index contributed by atoms with van der Waals surface area (Å²) in [4.78, 5) is 17.2. The maximum Gasteiger partial charge on any atom is 0.319 e. The van der Waals surface area contributed by atoms with Crippen molar-refractivity contribution in [3.63, 3.8) is 0 Å². The molecule has 0 radical (unpaired) electrons. The van der Waals surface area contributed by atoms with E-state index < -0.39 is 0 Å². The van der Waals surface area contributed by atoms with E-state index in [1.165, 1.54) is 18.4 Å². The lowest BCUT2D eigenvalue weighted by Crippen LogP contribution is -2.38. The third kappa shape index (κ3) is 5.16. The van der Waals surface area contributed by atoms with Gasteiger partial charge in [-0.1, -0.05) is 18.2 Å². The SMILES string of the molecule is COc1cccc(NC(=O)NC[C@@H](c2ccc(N(C)C)cc2)N2CCCC2)c1OC. The van der Waals surface area contributed by atoms with Crippen LogP contribution in [0.15, 0.2) is 42.5 Å². The number of benzene rings is 2. The number of carbonyl (C=O) groups is 1. The molecule has 2 amide bonds. The van der Waals surface area contributed by atoms with Crippen LogP contribution in [0.2, 0.25) is 0 Å². The van der Waals surface area contributed by atoms with Crippen LogP contribution in [0.3, 0.4) is 0 Å². The van der Waals surface area contributed by atoms with Crippen LogP contribution in [-0.2, 0) is 0 Å². The lowest BCUT2D eigenvalue weighted by Gasteiger charge is -2.28. The molecular weight excluding hydrogens is 380 g/mol. The number of nitrogens with one attached hydrogen (secondary N) is 2. The summed E-state index contributed by atoms with van der Waals surface area (Å²) in [7, 11) is 7.20. The van der Waals surface area contributed by atoms with Crippen LogP contribution in [0, 0.1) is 0 Å². The van der Waals surface area contributed by atoms with Gasteiger partial charge in [0, 0.05) is 26.3 Å². The Kier molecular flexibility index (Phi) is 7.41. The van der Waals surface area contributed by atoms with Crippen LogP contribution in [0.25, 0.3) is 0 Å². The van der Waals surface area contributed by atoms with Crippen LogP contribution in [0.4, 0.5) is 16.2 Å². The topological polar surface area (TPSA) is 66.1 Å². The van der Waals surface area contributed by atoms with Gasteiger partial charge >= 0.3 is 6.03 Å². The number of likely N-dealkylation sites (tertiary alicyclic amines) is 1. The number of anilines is 2. The molecule has 0 aromatic heterocycles. The highest BCUT2D eigenvalue weighted by Gasteiger charge is 2.24. The third-order valence-electron chi connectivity index (χ3n) is 5.48. The number of carbonyl (C=O) groups excluding carboxylic acids is 1. The van der Waals surface area contributed by atoms with Gasteiger partial charge in [-0.25, -0.2) is 4.79 Å². The summed E-state index contributed by atoms with van der Waals surface area (Å²) < 4.78 is 10.7. The summed E-state index contributed by atoms with van der Waals surface area (Å²) >= 11 is 0. The number of amides is 2. The van der Waals surface area contributed by atoms with Gasteiger partial charge in [-0.05, 0) is 55.8 Å². The summed E-state index contributed by atoms with van der Waals surface area (Å²) in [5.74, 6) is 1.08. The number of para-hydroxylation sites is 1. The first kappa shape index (κ1) is 21.8. The van der Waals surface area contributed by atoms with Gasteiger partial charge < -0.3 is 25.0 Å². The molecule has 0 saturated carbocycles. The van der Waals surface area contributed by atoms with Crippen molar-refractivity contribution in [2.24, 2.45) is 0 Å². The molecule has 2 N–H and O–H groups in total. The fourth-order valence-corrected chi connectivity index (χ4v) is 3.85. The van der Waals surface area contributed by atoms with Crippen molar-refractivity contribution in [2.45, 2.75) is 18.9 Å². The number of ether oxygens (including phenoxy) is 2. The van der Waals surface area contributed by atoms with Crippen LogP contribution < -0.4 is 25.0 Å². The summed E-state index contributed by atoms with van der Waals surface area (Å²) in [5.41, 5.74) is 2.94. The molecule has 0 bridgehead atoms. The maximum atomic E-state index is 12.6. The molecule has 1 heterocycles. The van der Waals surface area contributed by atoms with E-state index in [0.717, 1.165) is 18.8 Å². The van der Waals surface area contributed by atoms with E-state index in [2.05, 4.69) is 44.7 Å². The van der Waals surface area contributed by atoms with E-state index in [1.54, 1.807) is 26.4 Å². The summed E-state index contributed by atoms with van der Waals surface area (Å²) in [6, 6.07) is 13.8. The van der Waals surface area contributed by atoms with Gasteiger partial charge in [0.25, 0.3) is 0 Å². The van der Waals surface area contributed by atoms with Crippen LogP contribution >= 0.6 is 0 Å².